The first-order chi connectivity index (χ1) is 5.81. The van der Waals surface area contributed by atoms with Crippen LogP contribution >= 0.6 is 0 Å². The third kappa shape index (κ3) is 1.73. The van der Waals surface area contributed by atoms with Crippen molar-refractivity contribution in [3.8, 4) is 0 Å². The molecule has 0 atom stereocenters. The summed E-state index contributed by atoms with van der Waals surface area (Å²) in [4.78, 5) is 0. The summed E-state index contributed by atoms with van der Waals surface area (Å²) in [5, 5.41) is 0. The lowest BCUT2D eigenvalue weighted by molar-refractivity contribution is 0.482. The first kappa shape index (κ1) is 8.98. The van der Waals surface area contributed by atoms with Gasteiger partial charge in [-0.25, -0.2) is 4.39 Å². The Bertz CT molecular complexity index is 276. The molecule has 0 N–H and O–H groups in total. The third-order valence-electron chi connectivity index (χ3n) is 1.99. The van der Waals surface area contributed by atoms with Crippen molar-refractivity contribution in [2.75, 3.05) is 0 Å². The van der Waals surface area contributed by atoms with Crippen LogP contribution < -0.4 is 0 Å². The maximum absolute atomic E-state index is 12.4. The molecule has 0 saturated carbocycles. The number of alkyl halides is 1. The molecule has 0 aliphatic heterocycles. The van der Waals surface area contributed by atoms with Gasteiger partial charge in [0.2, 0.25) is 0 Å². The first-order valence-corrected chi connectivity index (χ1v) is 4.12. The van der Waals surface area contributed by atoms with Crippen LogP contribution in [-0.4, -0.2) is 0 Å². The molecule has 0 aromatic heterocycles. The summed E-state index contributed by atoms with van der Waals surface area (Å²) in [6, 6.07) is 5.71. The Morgan fingerprint density at radius 2 is 2.17 bits per heavy atom. The van der Waals surface area contributed by atoms with E-state index in [-0.39, 0.29) is 6.67 Å². The van der Waals surface area contributed by atoms with Gasteiger partial charge in [0.1, 0.15) is 6.67 Å². The van der Waals surface area contributed by atoms with Gasteiger partial charge in [-0.05, 0) is 23.1 Å². The Kier molecular flexibility index (Phi) is 3.03. The van der Waals surface area contributed by atoms with Crippen LogP contribution in [0.2, 0.25) is 0 Å². The lowest BCUT2D eigenvalue weighted by Crippen LogP contribution is -1.90. The summed E-state index contributed by atoms with van der Waals surface area (Å²) in [6.07, 6.45) is 2.65. The molecule has 0 spiro atoms. The van der Waals surface area contributed by atoms with Gasteiger partial charge in [0, 0.05) is 0 Å². The fourth-order valence-corrected chi connectivity index (χ4v) is 1.23. The maximum Gasteiger partial charge on any atom is 0.115 e. The van der Waals surface area contributed by atoms with E-state index in [0.717, 1.165) is 23.1 Å². The molecule has 0 aliphatic carbocycles. The lowest BCUT2D eigenvalue weighted by atomic mass is 10.0. The van der Waals surface area contributed by atoms with Gasteiger partial charge in [-0.2, -0.15) is 0 Å². The Morgan fingerprint density at radius 3 is 2.67 bits per heavy atom. The van der Waals surface area contributed by atoms with Gasteiger partial charge in [-0.1, -0.05) is 37.8 Å². The predicted octanol–water partition coefficient (Wildman–Crippen LogP) is 3.36. The van der Waals surface area contributed by atoms with Crippen LogP contribution in [0.25, 0.3) is 6.08 Å². The van der Waals surface area contributed by atoms with E-state index in [2.05, 4.69) is 6.58 Å². The molecule has 0 nitrogen and oxygen atoms in total. The highest BCUT2D eigenvalue weighted by Gasteiger charge is 1.99. The zero-order valence-corrected chi connectivity index (χ0v) is 7.31. The average molecular weight is 164 g/mol. The summed E-state index contributed by atoms with van der Waals surface area (Å²) in [5.74, 6) is 0. The second kappa shape index (κ2) is 4.05. The van der Waals surface area contributed by atoms with E-state index in [1.165, 1.54) is 0 Å². The minimum Gasteiger partial charge on any atom is -0.246 e. The van der Waals surface area contributed by atoms with Crippen molar-refractivity contribution in [1.29, 1.82) is 0 Å². The minimum atomic E-state index is -0.374. The van der Waals surface area contributed by atoms with Crippen molar-refractivity contribution in [3.05, 3.63) is 41.5 Å². The normalized spacial score (nSPS) is 9.83. The number of rotatable bonds is 3. The highest BCUT2D eigenvalue weighted by atomic mass is 19.1. The van der Waals surface area contributed by atoms with Crippen molar-refractivity contribution in [2.24, 2.45) is 0 Å². The Hall–Kier alpha value is -1.11. The van der Waals surface area contributed by atoms with E-state index in [9.17, 15) is 4.39 Å². The molecule has 1 heteroatoms. The average Bonchev–Trinajstić information content (AvgIpc) is 2.16. The topological polar surface area (TPSA) is 0 Å². The molecule has 1 aromatic carbocycles. The summed E-state index contributed by atoms with van der Waals surface area (Å²) in [5.41, 5.74) is 2.93. The number of aryl methyl sites for hydroxylation is 1. The Morgan fingerprint density at radius 1 is 1.42 bits per heavy atom. The zero-order chi connectivity index (χ0) is 8.97. The number of hydrogen-bond acceptors (Lipinski definition) is 0. The van der Waals surface area contributed by atoms with Crippen molar-refractivity contribution in [3.63, 3.8) is 0 Å². The molecule has 0 amide bonds. The van der Waals surface area contributed by atoms with Crippen LogP contribution in [0.15, 0.2) is 24.8 Å². The molecule has 64 valence electrons. The second-order valence-electron chi connectivity index (χ2n) is 2.72. The molecular weight excluding hydrogens is 151 g/mol. The van der Waals surface area contributed by atoms with Crippen molar-refractivity contribution >= 4 is 6.08 Å². The molecular formula is C11H13F. The molecule has 0 unspecified atom stereocenters. The van der Waals surface area contributed by atoms with Crippen molar-refractivity contribution < 1.29 is 4.39 Å². The predicted molar refractivity (Wildman–Crippen MR) is 50.7 cm³/mol. The van der Waals surface area contributed by atoms with E-state index in [1.54, 1.807) is 6.08 Å². The lowest BCUT2D eigenvalue weighted by Gasteiger charge is -2.04. The molecule has 1 aromatic rings. The van der Waals surface area contributed by atoms with Gasteiger partial charge in [0.15, 0.2) is 0 Å². The third-order valence-corrected chi connectivity index (χ3v) is 1.99. The van der Waals surface area contributed by atoms with Gasteiger partial charge in [-0.15, -0.1) is 0 Å². The zero-order valence-electron chi connectivity index (χ0n) is 7.31. The molecule has 0 bridgehead atoms. The summed E-state index contributed by atoms with van der Waals surface area (Å²) >= 11 is 0. The van der Waals surface area contributed by atoms with E-state index in [4.69, 9.17) is 0 Å². The molecule has 1 rings (SSSR count). The van der Waals surface area contributed by atoms with Crippen molar-refractivity contribution in [2.45, 2.75) is 20.0 Å². The highest BCUT2D eigenvalue weighted by molar-refractivity contribution is 5.49. The molecule has 0 radical (unpaired) electrons. The van der Waals surface area contributed by atoms with Gasteiger partial charge < -0.3 is 0 Å². The monoisotopic (exact) mass is 164 g/mol. The first-order valence-electron chi connectivity index (χ1n) is 4.12. The summed E-state index contributed by atoms with van der Waals surface area (Å²) < 4.78 is 12.4. The standard InChI is InChI=1S/C11H13F/c1-3-9-5-6-11(8-12)10(4-2)7-9/h3,5-7H,1,4,8H2,2H3. The minimum absolute atomic E-state index is 0.374. The summed E-state index contributed by atoms with van der Waals surface area (Å²) in [7, 11) is 0. The fourth-order valence-electron chi connectivity index (χ4n) is 1.23. The van der Waals surface area contributed by atoms with Crippen LogP contribution in [0.3, 0.4) is 0 Å². The SMILES string of the molecule is C=Cc1ccc(CF)c(CC)c1. The Labute approximate surface area is 72.7 Å². The largest absolute Gasteiger partial charge is 0.246 e. The fraction of sp³-hybridized carbons (Fsp3) is 0.273. The smallest absolute Gasteiger partial charge is 0.115 e. The molecule has 0 heterocycles. The molecule has 12 heavy (non-hydrogen) atoms. The molecule has 0 saturated heterocycles. The van der Waals surface area contributed by atoms with E-state index in [1.807, 2.05) is 25.1 Å². The van der Waals surface area contributed by atoms with Crippen LogP contribution in [0.4, 0.5) is 4.39 Å². The van der Waals surface area contributed by atoms with Crippen LogP contribution in [-0.2, 0) is 13.1 Å². The molecule has 0 aliphatic rings. The van der Waals surface area contributed by atoms with Crippen molar-refractivity contribution in [1.82, 2.24) is 0 Å². The number of benzene rings is 1. The van der Waals surface area contributed by atoms with Crippen LogP contribution in [0.5, 0.6) is 0 Å². The second-order valence-corrected chi connectivity index (χ2v) is 2.72. The molecule has 0 fully saturated rings. The quantitative estimate of drug-likeness (QED) is 0.642. The van der Waals surface area contributed by atoms with E-state index < -0.39 is 0 Å². The summed E-state index contributed by atoms with van der Waals surface area (Å²) in [6.45, 7) is 5.32. The Balaban J connectivity index is 3.10. The number of halogens is 1. The van der Waals surface area contributed by atoms with Crippen LogP contribution in [0.1, 0.15) is 23.6 Å². The van der Waals surface area contributed by atoms with Gasteiger partial charge in [0.25, 0.3) is 0 Å². The number of hydrogen-bond donors (Lipinski definition) is 0. The highest BCUT2D eigenvalue weighted by Crippen LogP contribution is 2.14. The van der Waals surface area contributed by atoms with Gasteiger partial charge in [-0.3, -0.25) is 0 Å². The van der Waals surface area contributed by atoms with E-state index >= 15 is 0 Å². The van der Waals surface area contributed by atoms with Crippen LogP contribution in [0, 0.1) is 0 Å². The van der Waals surface area contributed by atoms with Gasteiger partial charge in [0.05, 0.1) is 0 Å². The maximum atomic E-state index is 12.4. The van der Waals surface area contributed by atoms with Gasteiger partial charge >= 0.3 is 0 Å². The van der Waals surface area contributed by atoms with E-state index in [0.29, 0.717) is 0 Å².